The number of nitrogens with one attached hydrogen (secondary N) is 1. The van der Waals surface area contributed by atoms with Crippen LogP contribution < -0.4 is 5.32 Å². The van der Waals surface area contributed by atoms with Crippen molar-refractivity contribution >= 4 is 17.5 Å². The summed E-state index contributed by atoms with van der Waals surface area (Å²) < 4.78 is 13.8. The van der Waals surface area contributed by atoms with Gasteiger partial charge in [0.05, 0.1) is 6.54 Å². The molecule has 0 unspecified atom stereocenters. The smallest absolute Gasteiger partial charge is 0.245 e. The van der Waals surface area contributed by atoms with Crippen LogP contribution >= 0.6 is 0 Å². The van der Waals surface area contributed by atoms with Gasteiger partial charge in [0.1, 0.15) is 11.9 Å². The van der Waals surface area contributed by atoms with E-state index < -0.39 is 0 Å². The average Bonchev–Trinajstić information content (AvgIpc) is 3.07. The normalized spacial score (nSPS) is 19.0. The van der Waals surface area contributed by atoms with Gasteiger partial charge in [-0.25, -0.2) is 4.39 Å². The molecule has 2 aromatic carbocycles. The SMILES string of the molecule is Cc1ccc2c(c1)C[C@H](C(=O)N1CCN(Cc3ccccc3F)C(=O)C1)N2. The van der Waals surface area contributed by atoms with Gasteiger partial charge in [0, 0.05) is 37.3 Å². The van der Waals surface area contributed by atoms with E-state index in [4.69, 9.17) is 0 Å². The largest absolute Gasteiger partial charge is 0.373 e. The number of aryl methyl sites for hydroxylation is 1. The molecule has 0 bridgehead atoms. The van der Waals surface area contributed by atoms with Gasteiger partial charge < -0.3 is 15.1 Å². The van der Waals surface area contributed by atoms with Crippen molar-refractivity contribution in [3.05, 3.63) is 65.0 Å². The summed E-state index contributed by atoms with van der Waals surface area (Å²) in [6.07, 6.45) is 0.638. The summed E-state index contributed by atoms with van der Waals surface area (Å²) >= 11 is 0. The molecule has 2 heterocycles. The van der Waals surface area contributed by atoms with Gasteiger partial charge in [-0.3, -0.25) is 9.59 Å². The third kappa shape index (κ3) is 3.52. The minimum absolute atomic E-state index is 0.0425. The molecular formula is C21H22FN3O2. The molecular weight excluding hydrogens is 345 g/mol. The number of rotatable bonds is 3. The predicted molar refractivity (Wildman–Crippen MR) is 101 cm³/mol. The van der Waals surface area contributed by atoms with Gasteiger partial charge in [-0.2, -0.15) is 0 Å². The highest BCUT2D eigenvalue weighted by Gasteiger charge is 2.34. The Hall–Kier alpha value is -2.89. The van der Waals surface area contributed by atoms with Gasteiger partial charge in [-0.1, -0.05) is 35.9 Å². The van der Waals surface area contributed by atoms with E-state index in [1.807, 2.05) is 19.1 Å². The van der Waals surface area contributed by atoms with Gasteiger partial charge in [-0.05, 0) is 24.6 Å². The van der Waals surface area contributed by atoms with Crippen molar-refractivity contribution in [3.63, 3.8) is 0 Å². The van der Waals surface area contributed by atoms with Crippen molar-refractivity contribution in [1.82, 2.24) is 9.80 Å². The summed E-state index contributed by atoms with van der Waals surface area (Å²) in [6, 6.07) is 12.2. The van der Waals surface area contributed by atoms with Crippen LogP contribution in [0.4, 0.5) is 10.1 Å². The Morgan fingerprint density at radius 3 is 2.81 bits per heavy atom. The zero-order chi connectivity index (χ0) is 19.0. The van der Waals surface area contributed by atoms with E-state index in [1.165, 1.54) is 11.6 Å². The molecule has 6 heteroatoms. The second-order valence-electron chi connectivity index (χ2n) is 7.23. The van der Waals surface area contributed by atoms with Crippen LogP contribution in [0.25, 0.3) is 0 Å². The second kappa shape index (κ2) is 7.02. The van der Waals surface area contributed by atoms with Crippen molar-refractivity contribution in [2.75, 3.05) is 25.0 Å². The lowest BCUT2D eigenvalue weighted by molar-refractivity contribution is -0.146. The maximum atomic E-state index is 13.8. The molecule has 5 nitrogen and oxygen atoms in total. The summed E-state index contributed by atoms with van der Waals surface area (Å²) in [5.41, 5.74) is 3.79. The molecule has 1 fully saturated rings. The van der Waals surface area contributed by atoms with Gasteiger partial charge in [0.2, 0.25) is 11.8 Å². The highest BCUT2D eigenvalue weighted by molar-refractivity contribution is 5.91. The van der Waals surface area contributed by atoms with Gasteiger partial charge >= 0.3 is 0 Å². The highest BCUT2D eigenvalue weighted by atomic mass is 19.1. The van der Waals surface area contributed by atoms with Crippen molar-refractivity contribution in [3.8, 4) is 0 Å². The van der Waals surface area contributed by atoms with E-state index >= 15 is 0 Å². The third-order valence-electron chi connectivity index (χ3n) is 5.26. The quantitative estimate of drug-likeness (QED) is 0.906. The molecule has 0 aromatic heterocycles. The Kier molecular flexibility index (Phi) is 4.56. The van der Waals surface area contributed by atoms with Crippen LogP contribution in [0.2, 0.25) is 0 Å². The lowest BCUT2D eigenvalue weighted by atomic mass is 10.1. The zero-order valence-electron chi connectivity index (χ0n) is 15.2. The minimum Gasteiger partial charge on any atom is -0.373 e. The number of anilines is 1. The van der Waals surface area contributed by atoms with Crippen LogP contribution in [0.3, 0.4) is 0 Å². The van der Waals surface area contributed by atoms with Crippen molar-refractivity contribution < 1.29 is 14.0 Å². The summed E-state index contributed by atoms with van der Waals surface area (Å²) in [7, 11) is 0. The van der Waals surface area contributed by atoms with Crippen LogP contribution in [-0.4, -0.2) is 47.3 Å². The van der Waals surface area contributed by atoms with Gasteiger partial charge in [0.25, 0.3) is 0 Å². The van der Waals surface area contributed by atoms with Crippen LogP contribution in [0.5, 0.6) is 0 Å². The molecule has 1 atom stereocenters. The number of fused-ring (bicyclic) bond motifs is 1. The Morgan fingerprint density at radius 2 is 2.04 bits per heavy atom. The first kappa shape index (κ1) is 17.5. The monoisotopic (exact) mass is 367 g/mol. The van der Waals surface area contributed by atoms with E-state index in [-0.39, 0.29) is 36.8 Å². The first-order valence-electron chi connectivity index (χ1n) is 9.17. The number of piperazine rings is 1. The number of hydrogen-bond acceptors (Lipinski definition) is 3. The molecule has 2 amide bonds. The van der Waals surface area contributed by atoms with Crippen molar-refractivity contribution in [2.24, 2.45) is 0 Å². The fraction of sp³-hybridized carbons (Fsp3) is 0.333. The van der Waals surface area contributed by atoms with E-state index in [1.54, 1.807) is 28.0 Å². The maximum absolute atomic E-state index is 13.8. The summed E-state index contributed by atoms with van der Waals surface area (Å²) in [5.74, 6) is -0.515. The van der Waals surface area contributed by atoms with E-state index in [9.17, 15) is 14.0 Å². The number of nitrogens with zero attached hydrogens (tertiary/aromatic N) is 2. The topological polar surface area (TPSA) is 52.7 Å². The Morgan fingerprint density at radius 1 is 1.22 bits per heavy atom. The molecule has 1 saturated heterocycles. The number of amides is 2. The molecule has 0 radical (unpaired) electrons. The summed E-state index contributed by atoms with van der Waals surface area (Å²) in [4.78, 5) is 28.6. The maximum Gasteiger partial charge on any atom is 0.245 e. The number of halogens is 1. The molecule has 27 heavy (non-hydrogen) atoms. The first-order valence-corrected chi connectivity index (χ1v) is 9.17. The van der Waals surface area contributed by atoms with Gasteiger partial charge in [0.15, 0.2) is 0 Å². The fourth-order valence-corrected chi connectivity index (χ4v) is 3.76. The molecule has 0 aliphatic carbocycles. The Labute approximate surface area is 157 Å². The number of carbonyl (C=O) groups is 2. The molecule has 2 aliphatic heterocycles. The lowest BCUT2D eigenvalue weighted by Gasteiger charge is -2.35. The predicted octanol–water partition coefficient (Wildman–Crippen LogP) is 2.34. The average molecular weight is 367 g/mol. The number of carbonyl (C=O) groups excluding carboxylic acids is 2. The van der Waals surface area contributed by atoms with E-state index in [0.29, 0.717) is 25.1 Å². The second-order valence-corrected chi connectivity index (χ2v) is 7.23. The highest BCUT2D eigenvalue weighted by Crippen LogP contribution is 2.27. The van der Waals surface area contributed by atoms with Crippen LogP contribution in [0.15, 0.2) is 42.5 Å². The summed E-state index contributed by atoms with van der Waals surface area (Å²) in [5, 5.41) is 3.27. The van der Waals surface area contributed by atoms with Crippen molar-refractivity contribution in [1.29, 1.82) is 0 Å². The van der Waals surface area contributed by atoms with Crippen LogP contribution in [0, 0.1) is 12.7 Å². The fourth-order valence-electron chi connectivity index (χ4n) is 3.76. The van der Waals surface area contributed by atoms with E-state index in [0.717, 1.165) is 11.3 Å². The number of benzene rings is 2. The van der Waals surface area contributed by atoms with Crippen molar-refractivity contribution in [2.45, 2.75) is 25.9 Å². The molecule has 1 N–H and O–H groups in total. The molecule has 0 spiro atoms. The van der Waals surface area contributed by atoms with Crippen LogP contribution in [-0.2, 0) is 22.6 Å². The van der Waals surface area contributed by atoms with Crippen LogP contribution in [0.1, 0.15) is 16.7 Å². The molecule has 4 rings (SSSR count). The lowest BCUT2D eigenvalue weighted by Crippen LogP contribution is -2.54. The molecule has 2 aromatic rings. The third-order valence-corrected chi connectivity index (χ3v) is 5.26. The molecule has 2 aliphatic rings. The molecule has 140 valence electrons. The standard InChI is InChI=1S/C21H22FN3O2/c1-14-6-7-18-16(10-14)11-19(23-18)21(27)25-9-8-24(20(26)13-25)12-15-4-2-3-5-17(15)22/h2-7,10,19,23H,8-9,11-13H2,1H3/t19-/m1/s1. The first-order chi connectivity index (χ1) is 13.0. The van der Waals surface area contributed by atoms with E-state index in [2.05, 4.69) is 11.4 Å². The summed E-state index contributed by atoms with van der Waals surface area (Å²) in [6.45, 7) is 3.19. The van der Waals surface area contributed by atoms with Gasteiger partial charge in [-0.15, -0.1) is 0 Å². The Bertz CT molecular complexity index is 899. The molecule has 0 saturated carbocycles. The number of hydrogen-bond donors (Lipinski definition) is 1. The zero-order valence-corrected chi connectivity index (χ0v) is 15.2. The minimum atomic E-state index is -0.326. The Balaban J connectivity index is 1.38.